The number of rotatable bonds is 3. The molecule has 0 aromatic carbocycles. The number of fused-ring (bicyclic) bond motifs is 1. The molecule has 120 valence electrons. The second kappa shape index (κ2) is 6.66. The molecule has 3 rings (SSSR count). The Morgan fingerprint density at radius 1 is 1.10 bits per heavy atom. The van der Waals surface area contributed by atoms with Gasteiger partial charge in [0.05, 0.1) is 0 Å². The van der Waals surface area contributed by atoms with Crippen LogP contribution in [0.5, 0.6) is 0 Å². The first kappa shape index (κ1) is 15.3. The normalized spacial score (nSPS) is 30.0. The Hall–Kier alpha value is -0.610. The van der Waals surface area contributed by atoms with E-state index in [4.69, 9.17) is 0 Å². The highest BCUT2D eigenvalue weighted by molar-refractivity contribution is 5.77. The summed E-state index contributed by atoms with van der Waals surface area (Å²) >= 11 is 0. The summed E-state index contributed by atoms with van der Waals surface area (Å²) in [6.45, 7) is 4.36. The zero-order chi connectivity index (χ0) is 14.7. The maximum Gasteiger partial charge on any atom is 0.224 e. The number of carbonyl (C=O) groups is 1. The van der Waals surface area contributed by atoms with Gasteiger partial charge in [-0.1, -0.05) is 19.3 Å². The summed E-state index contributed by atoms with van der Waals surface area (Å²) in [4.78, 5) is 17.6. The molecule has 1 aliphatic carbocycles. The molecule has 2 heterocycles. The third-order valence-electron chi connectivity index (χ3n) is 5.99. The maximum absolute atomic E-state index is 12.8. The highest BCUT2D eigenvalue weighted by Gasteiger charge is 2.36. The van der Waals surface area contributed by atoms with Crippen LogP contribution in [0.25, 0.3) is 0 Å². The van der Waals surface area contributed by atoms with Crippen molar-refractivity contribution in [3.8, 4) is 0 Å². The number of carbonyl (C=O) groups excluding carboxylic acids is 1. The summed E-state index contributed by atoms with van der Waals surface area (Å²) in [5.41, 5.74) is 0.0804. The standard InChI is InChI=1S/C17H31N3O/c1-18-17(8-3-2-4-9-17)13-16(21)20-12-6-11-19-10-5-7-15(19)14-20/h15,18H,2-14H2,1H3. The molecule has 0 bridgehead atoms. The van der Waals surface area contributed by atoms with Crippen LogP contribution >= 0.6 is 0 Å². The molecule has 0 radical (unpaired) electrons. The van der Waals surface area contributed by atoms with Crippen LogP contribution in [0.2, 0.25) is 0 Å². The highest BCUT2D eigenvalue weighted by atomic mass is 16.2. The Labute approximate surface area is 129 Å². The van der Waals surface area contributed by atoms with Crippen molar-refractivity contribution in [1.29, 1.82) is 0 Å². The van der Waals surface area contributed by atoms with E-state index in [-0.39, 0.29) is 5.54 Å². The molecule has 1 unspecified atom stereocenters. The van der Waals surface area contributed by atoms with Gasteiger partial charge in [-0.15, -0.1) is 0 Å². The van der Waals surface area contributed by atoms with Gasteiger partial charge >= 0.3 is 0 Å². The molecule has 3 fully saturated rings. The van der Waals surface area contributed by atoms with Gasteiger partial charge in [-0.3, -0.25) is 9.69 Å². The van der Waals surface area contributed by atoms with Crippen molar-refractivity contribution in [2.24, 2.45) is 0 Å². The van der Waals surface area contributed by atoms with Crippen LogP contribution < -0.4 is 5.32 Å². The number of nitrogens with one attached hydrogen (secondary N) is 1. The van der Waals surface area contributed by atoms with E-state index in [9.17, 15) is 4.79 Å². The summed E-state index contributed by atoms with van der Waals surface area (Å²) in [6, 6.07) is 0.633. The fourth-order valence-corrected chi connectivity index (χ4v) is 4.58. The maximum atomic E-state index is 12.8. The third-order valence-corrected chi connectivity index (χ3v) is 5.99. The SMILES string of the molecule is CNC1(CC(=O)N2CCCN3CCCC3C2)CCCCC1. The number of hydrogen-bond donors (Lipinski definition) is 1. The van der Waals surface area contributed by atoms with Gasteiger partial charge < -0.3 is 10.2 Å². The van der Waals surface area contributed by atoms with Crippen molar-refractivity contribution in [1.82, 2.24) is 15.1 Å². The van der Waals surface area contributed by atoms with Gasteiger partial charge in [0.25, 0.3) is 0 Å². The predicted octanol–water partition coefficient (Wildman–Crippen LogP) is 2.00. The molecular weight excluding hydrogens is 262 g/mol. The van der Waals surface area contributed by atoms with E-state index in [1.807, 2.05) is 7.05 Å². The van der Waals surface area contributed by atoms with Crippen LogP contribution in [0.3, 0.4) is 0 Å². The van der Waals surface area contributed by atoms with Crippen LogP contribution in [-0.2, 0) is 4.79 Å². The number of nitrogens with zero attached hydrogens (tertiary/aromatic N) is 2. The third kappa shape index (κ3) is 3.42. The van der Waals surface area contributed by atoms with Crippen molar-refractivity contribution in [2.45, 2.75) is 69.4 Å². The van der Waals surface area contributed by atoms with Gasteiger partial charge in [-0.2, -0.15) is 0 Å². The van der Waals surface area contributed by atoms with Gasteiger partial charge in [0.2, 0.25) is 5.91 Å². The minimum atomic E-state index is 0.0804. The summed E-state index contributed by atoms with van der Waals surface area (Å²) in [5.74, 6) is 0.389. The summed E-state index contributed by atoms with van der Waals surface area (Å²) in [5, 5.41) is 3.49. The lowest BCUT2D eigenvalue weighted by Gasteiger charge is -2.38. The molecule has 4 heteroatoms. The van der Waals surface area contributed by atoms with Gasteiger partial charge in [-0.25, -0.2) is 0 Å². The van der Waals surface area contributed by atoms with Crippen molar-refractivity contribution in [3.63, 3.8) is 0 Å². The lowest BCUT2D eigenvalue weighted by atomic mass is 9.79. The Kier molecular flexibility index (Phi) is 4.85. The molecule has 1 N–H and O–H groups in total. The quantitative estimate of drug-likeness (QED) is 0.864. The topological polar surface area (TPSA) is 35.6 Å². The smallest absolute Gasteiger partial charge is 0.224 e. The second-order valence-electron chi connectivity index (χ2n) is 7.29. The minimum absolute atomic E-state index is 0.0804. The molecule has 1 amide bonds. The van der Waals surface area contributed by atoms with Crippen LogP contribution in [0.1, 0.15) is 57.8 Å². The summed E-state index contributed by atoms with van der Waals surface area (Å²) in [6.07, 6.45) is 10.6. The molecule has 4 nitrogen and oxygen atoms in total. The largest absolute Gasteiger partial charge is 0.341 e. The molecule has 3 aliphatic rings. The first-order valence-corrected chi connectivity index (χ1v) is 8.93. The lowest BCUT2D eigenvalue weighted by molar-refractivity contribution is -0.133. The molecule has 0 aromatic heterocycles. The van der Waals surface area contributed by atoms with Crippen LogP contribution in [0, 0.1) is 0 Å². The Balaban J connectivity index is 1.61. The van der Waals surface area contributed by atoms with E-state index in [0.717, 1.165) is 19.5 Å². The van der Waals surface area contributed by atoms with Crippen molar-refractivity contribution < 1.29 is 4.79 Å². The van der Waals surface area contributed by atoms with Gasteiger partial charge in [-0.05, 0) is 45.7 Å². The Bertz CT molecular complexity index is 365. The first-order chi connectivity index (χ1) is 10.2. The fourth-order valence-electron chi connectivity index (χ4n) is 4.58. The van der Waals surface area contributed by atoms with E-state index >= 15 is 0 Å². The van der Waals surface area contributed by atoms with Crippen molar-refractivity contribution in [3.05, 3.63) is 0 Å². The molecule has 1 saturated carbocycles. The molecule has 21 heavy (non-hydrogen) atoms. The van der Waals surface area contributed by atoms with E-state index in [0.29, 0.717) is 18.4 Å². The molecular formula is C17H31N3O. The Morgan fingerprint density at radius 3 is 2.62 bits per heavy atom. The van der Waals surface area contributed by atoms with Crippen LogP contribution in [-0.4, -0.2) is 60.5 Å². The van der Waals surface area contributed by atoms with E-state index in [1.165, 1.54) is 58.0 Å². The van der Waals surface area contributed by atoms with Crippen molar-refractivity contribution in [2.75, 3.05) is 33.2 Å². The number of hydrogen-bond acceptors (Lipinski definition) is 3. The predicted molar refractivity (Wildman–Crippen MR) is 85.3 cm³/mol. The summed E-state index contributed by atoms with van der Waals surface area (Å²) < 4.78 is 0. The van der Waals surface area contributed by atoms with E-state index in [2.05, 4.69) is 15.1 Å². The monoisotopic (exact) mass is 293 g/mol. The average Bonchev–Trinajstić information content (AvgIpc) is 2.85. The molecule has 2 aliphatic heterocycles. The molecule has 1 atom stereocenters. The fraction of sp³-hybridized carbons (Fsp3) is 0.941. The zero-order valence-corrected chi connectivity index (χ0v) is 13.6. The number of amides is 1. The van der Waals surface area contributed by atoms with Crippen LogP contribution in [0.4, 0.5) is 0 Å². The van der Waals surface area contributed by atoms with Crippen molar-refractivity contribution >= 4 is 5.91 Å². The summed E-state index contributed by atoms with van der Waals surface area (Å²) in [7, 11) is 2.04. The average molecular weight is 293 g/mol. The Morgan fingerprint density at radius 2 is 1.86 bits per heavy atom. The van der Waals surface area contributed by atoms with Crippen LogP contribution in [0.15, 0.2) is 0 Å². The minimum Gasteiger partial charge on any atom is -0.341 e. The molecule has 2 saturated heterocycles. The first-order valence-electron chi connectivity index (χ1n) is 8.93. The van der Waals surface area contributed by atoms with E-state index < -0.39 is 0 Å². The zero-order valence-electron chi connectivity index (χ0n) is 13.6. The lowest BCUT2D eigenvalue weighted by Crippen LogP contribution is -2.50. The van der Waals surface area contributed by atoms with Gasteiger partial charge in [0.15, 0.2) is 0 Å². The second-order valence-corrected chi connectivity index (χ2v) is 7.29. The van der Waals surface area contributed by atoms with Gasteiger partial charge in [0.1, 0.15) is 0 Å². The highest BCUT2D eigenvalue weighted by Crippen LogP contribution is 2.32. The van der Waals surface area contributed by atoms with E-state index in [1.54, 1.807) is 0 Å². The molecule has 0 aromatic rings. The molecule has 0 spiro atoms. The van der Waals surface area contributed by atoms with Gasteiger partial charge in [0, 0.05) is 37.6 Å².